The number of hydrogen-bond acceptors (Lipinski definition) is 3. The Morgan fingerprint density at radius 1 is 1.26 bits per heavy atom. The van der Waals surface area contributed by atoms with Gasteiger partial charge in [0.25, 0.3) is 5.91 Å². The van der Waals surface area contributed by atoms with Crippen molar-refractivity contribution in [1.29, 1.82) is 0 Å². The second-order valence-electron chi connectivity index (χ2n) is 5.42. The largest absolute Gasteiger partial charge is 0.497 e. The second-order valence-corrected chi connectivity index (χ2v) is 5.42. The maximum atomic E-state index is 12.2. The van der Waals surface area contributed by atoms with Crippen LogP contribution in [0.1, 0.15) is 21.6 Å². The number of benzene rings is 1. The van der Waals surface area contributed by atoms with Crippen LogP contribution in [0.25, 0.3) is 5.65 Å². The molecule has 2 heterocycles. The van der Waals surface area contributed by atoms with Gasteiger partial charge in [0.05, 0.1) is 12.8 Å². The Hall–Kier alpha value is -2.82. The Morgan fingerprint density at radius 3 is 2.78 bits per heavy atom. The molecule has 2 aromatic heterocycles. The molecular formula is C18H19N3O2. The summed E-state index contributed by atoms with van der Waals surface area (Å²) in [4.78, 5) is 16.6. The van der Waals surface area contributed by atoms with Gasteiger partial charge in [-0.25, -0.2) is 4.98 Å². The fourth-order valence-corrected chi connectivity index (χ4v) is 2.46. The highest BCUT2D eigenvalue weighted by Crippen LogP contribution is 2.11. The molecule has 5 heteroatoms. The van der Waals surface area contributed by atoms with Crippen molar-refractivity contribution in [3.8, 4) is 5.75 Å². The summed E-state index contributed by atoms with van der Waals surface area (Å²) in [5, 5.41) is 2.94. The highest BCUT2D eigenvalue weighted by molar-refractivity contribution is 5.95. The number of nitrogens with zero attached hydrogens (tertiary/aromatic N) is 2. The van der Waals surface area contributed by atoms with Crippen LogP contribution in [0.5, 0.6) is 5.75 Å². The Labute approximate surface area is 134 Å². The van der Waals surface area contributed by atoms with E-state index >= 15 is 0 Å². The summed E-state index contributed by atoms with van der Waals surface area (Å²) in [5.74, 6) is 0.753. The minimum Gasteiger partial charge on any atom is -0.497 e. The summed E-state index contributed by atoms with van der Waals surface area (Å²) in [6, 6.07) is 11.5. The molecule has 0 aliphatic rings. The Balaban J connectivity index is 1.59. The summed E-state index contributed by atoms with van der Waals surface area (Å²) < 4.78 is 7.04. The molecule has 1 amide bonds. The number of pyridine rings is 1. The van der Waals surface area contributed by atoms with Crippen LogP contribution in [0.3, 0.4) is 0 Å². The minimum atomic E-state index is -0.0818. The van der Waals surface area contributed by atoms with Gasteiger partial charge in [-0.1, -0.05) is 12.1 Å². The van der Waals surface area contributed by atoms with Gasteiger partial charge in [0.2, 0.25) is 0 Å². The average Bonchev–Trinajstić information content (AvgIpc) is 2.94. The van der Waals surface area contributed by atoms with Crippen LogP contribution in [-0.4, -0.2) is 28.9 Å². The van der Waals surface area contributed by atoms with Gasteiger partial charge in [0.1, 0.15) is 11.4 Å². The van der Waals surface area contributed by atoms with Gasteiger partial charge in [-0.05, 0) is 43.2 Å². The number of imidazole rings is 1. The van der Waals surface area contributed by atoms with Crippen LogP contribution in [0.4, 0.5) is 0 Å². The molecule has 0 bridgehead atoms. The van der Waals surface area contributed by atoms with E-state index in [4.69, 9.17) is 4.74 Å². The molecule has 118 valence electrons. The molecule has 0 aliphatic heterocycles. The molecule has 0 saturated carbocycles. The van der Waals surface area contributed by atoms with Gasteiger partial charge in [0, 0.05) is 24.5 Å². The van der Waals surface area contributed by atoms with Crippen LogP contribution in [-0.2, 0) is 6.42 Å². The zero-order chi connectivity index (χ0) is 16.2. The Bertz CT molecular complexity index is 822. The highest BCUT2D eigenvalue weighted by Gasteiger charge is 2.07. The lowest BCUT2D eigenvalue weighted by atomic mass is 10.1. The Morgan fingerprint density at radius 2 is 2.04 bits per heavy atom. The van der Waals surface area contributed by atoms with Crippen molar-refractivity contribution in [3.63, 3.8) is 0 Å². The number of carbonyl (C=O) groups excluding carboxylic acids is 1. The van der Waals surface area contributed by atoms with Crippen molar-refractivity contribution < 1.29 is 9.53 Å². The second kappa shape index (κ2) is 6.52. The third-order valence-electron chi connectivity index (χ3n) is 3.70. The van der Waals surface area contributed by atoms with Crippen LogP contribution < -0.4 is 10.1 Å². The monoisotopic (exact) mass is 309 g/mol. The lowest BCUT2D eigenvalue weighted by Gasteiger charge is -2.06. The van der Waals surface area contributed by atoms with Crippen LogP contribution >= 0.6 is 0 Å². The van der Waals surface area contributed by atoms with Crippen molar-refractivity contribution in [3.05, 3.63) is 65.6 Å². The molecule has 3 rings (SSSR count). The summed E-state index contributed by atoms with van der Waals surface area (Å²) in [7, 11) is 1.65. The summed E-state index contributed by atoms with van der Waals surface area (Å²) >= 11 is 0. The first-order valence-electron chi connectivity index (χ1n) is 7.52. The molecule has 0 radical (unpaired) electrons. The summed E-state index contributed by atoms with van der Waals surface area (Å²) in [5.41, 5.74) is 3.50. The number of methoxy groups -OCH3 is 1. The quantitative estimate of drug-likeness (QED) is 0.788. The molecule has 0 atom stereocenters. The molecule has 0 fully saturated rings. The number of aryl methyl sites for hydroxylation is 1. The molecule has 1 aromatic carbocycles. The van der Waals surface area contributed by atoms with Crippen molar-refractivity contribution in [2.75, 3.05) is 13.7 Å². The molecule has 0 aliphatic carbocycles. The predicted molar refractivity (Wildman–Crippen MR) is 89.0 cm³/mol. The van der Waals surface area contributed by atoms with Crippen molar-refractivity contribution in [2.45, 2.75) is 13.3 Å². The van der Waals surface area contributed by atoms with E-state index in [1.54, 1.807) is 19.2 Å². The normalized spacial score (nSPS) is 10.7. The van der Waals surface area contributed by atoms with Gasteiger partial charge < -0.3 is 14.5 Å². The topological polar surface area (TPSA) is 55.6 Å². The molecule has 1 N–H and O–H groups in total. The molecule has 0 spiro atoms. The van der Waals surface area contributed by atoms with Gasteiger partial charge in [-0.15, -0.1) is 0 Å². The van der Waals surface area contributed by atoms with Gasteiger partial charge >= 0.3 is 0 Å². The van der Waals surface area contributed by atoms with Crippen LogP contribution in [0, 0.1) is 6.92 Å². The van der Waals surface area contributed by atoms with Crippen molar-refractivity contribution in [2.24, 2.45) is 0 Å². The first kappa shape index (κ1) is 15.1. The SMILES string of the molecule is COc1ccc(CCNC(=O)c2ccn3cc(C)nc3c2)cc1. The fourth-order valence-electron chi connectivity index (χ4n) is 2.46. The molecular weight excluding hydrogens is 290 g/mol. The lowest BCUT2D eigenvalue weighted by molar-refractivity contribution is 0.0954. The number of nitrogens with one attached hydrogen (secondary N) is 1. The summed E-state index contributed by atoms with van der Waals surface area (Å²) in [6.07, 6.45) is 4.56. The number of amides is 1. The van der Waals surface area contributed by atoms with E-state index in [9.17, 15) is 4.79 Å². The standard InChI is InChI=1S/C18H19N3O2/c1-13-12-21-10-8-15(11-17(21)20-13)18(22)19-9-7-14-3-5-16(23-2)6-4-14/h3-6,8,10-12H,7,9H2,1-2H3,(H,19,22). The zero-order valence-corrected chi connectivity index (χ0v) is 13.2. The van der Waals surface area contributed by atoms with Crippen LogP contribution in [0.15, 0.2) is 48.8 Å². The zero-order valence-electron chi connectivity index (χ0n) is 13.2. The van der Waals surface area contributed by atoms with E-state index in [0.29, 0.717) is 12.1 Å². The number of carbonyl (C=O) groups is 1. The molecule has 23 heavy (non-hydrogen) atoms. The molecule has 0 saturated heterocycles. The number of fused-ring (bicyclic) bond motifs is 1. The fraction of sp³-hybridized carbons (Fsp3) is 0.222. The van der Waals surface area contributed by atoms with Gasteiger partial charge in [-0.2, -0.15) is 0 Å². The maximum Gasteiger partial charge on any atom is 0.251 e. The Kier molecular flexibility index (Phi) is 4.28. The lowest BCUT2D eigenvalue weighted by Crippen LogP contribution is -2.25. The molecule has 0 unspecified atom stereocenters. The third-order valence-corrected chi connectivity index (χ3v) is 3.70. The summed E-state index contributed by atoms with van der Waals surface area (Å²) in [6.45, 7) is 2.52. The molecule has 5 nitrogen and oxygen atoms in total. The number of rotatable bonds is 5. The van der Waals surface area contributed by atoms with E-state index in [2.05, 4.69) is 10.3 Å². The van der Waals surface area contributed by atoms with Gasteiger partial charge in [0.15, 0.2) is 0 Å². The highest BCUT2D eigenvalue weighted by atomic mass is 16.5. The maximum absolute atomic E-state index is 12.2. The van der Waals surface area contributed by atoms with Crippen molar-refractivity contribution in [1.82, 2.24) is 14.7 Å². The van der Waals surface area contributed by atoms with E-state index in [1.165, 1.54) is 0 Å². The average molecular weight is 309 g/mol. The number of hydrogen-bond donors (Lipinski definition) is 1. The van der Waals surface area contributed by atoms with E-state index in [-0.39, 0.29) is 5.91 Å². The number of ether oxygens (including phenoxy) is 1. The van der Waals surface area contributed by atoms with Gasteiger partial charge in [-0.3, -0.25) is 4.79 Å². The molecule has 3 aromatic rings. The van der Waals surface area contributed by atoms with E-state index in [1.807, 2.05) is 48.0 Å². The first-order valence-corrected chi connectivity index (χ1v) is 7.52. The predicted octanol–water partition coefficient (Wildman–Crippen LogP) is 2.62. The number of aromatic nitrogens is 2. The third kappa shape index (κ3) is 3.51. The van der Waals surface area contributed by atoms with Crippen molar-refractivity contribution >= 4 is 11.6 Å². The van der Waals surface area contributed by atoms with E-state index in [0.717, 1.165) is 29.1 Å². The van der Waals surface area contributed by atoms with E-state index < -0.39 is 0 Å². The van der Waals surface area contributed by atoms with Crippen LogP contribution in [0.2, 0.25) is 0 Å². The first-order chi connectivity index (χ1) is 11.2. The minimum absolute atomic E-state index is 0.0818. The smallest absolute Gasteiger partial charge is 0.251 e.